The number of hydrogen-bond donors (Lipinski definition) is 0. The van der Waals surface area contributed by atoms with E-state index < -0.39 is 0 Å². The van der Waals surface area contributed by atoms with Gasteiger partial charge < -0.3 is 23.6 Å². The largest absolute Gasteiger partial charge is 0.493 e. The van der Waals surface area contributed by atoms with Gasteiger partial charge in [-0.2, -0.15) is 4.98 Å². The van der Waals surface area contributed by atoms with Crippen molar-refractivity contribution in [2.24, 2.45) is 0 Å². The van der Waals surface area contributed by atoms with Gasteiger partial charge in [-0.1, -0.05) is 5.16 Å². The Morgan fingerprint density at radius 2 is 1.84 bits per heavy atom. The van der Waals surface area contributed by atoms with E-state index in [1.165, 1.54) is 0 Å². The number of aromatic nitrogens is 3. The second kappa shape index (κ2) is 9.44. The normalized spacial score (nSPS) is 16.2. The van der Waals surface area contributed by atoms with Crippen LogP contribution in [0.5, 0.6) is 17.2 Å². The molecular formula is C23H29N5O4. The van der Waals surface area contributed by atoms with Crippen LogP contribution in [0.4, 0.5) is 5.82 Å². The smallest absolute Gasteiger partial charge is 0.244 e. The molecule has 0 aliphatic carbocycles. The van der Waals surface area contributed by atoms with Crippen LogP contribution in [-0.2, 0) is 6.54 Å². The lowest BCUT2D eigenvalue weighted by Crippen LogP contribution is -2.23. The summed E-state index contributed by atoms with van der Waals surface area (Å²) in [5, 5.41) is 4.20. The number of benzene rings is 1. The first kappa shape index (κ1) is 21.9. The summed E-state index contributed by atoms with van der Waals surface area (Å²) in [6, 6.07) is 7.92. The van der Waals surface area contributed by atoms with Crippen molar-refractivity contribution in [1.82, 2.24) is 20.0 Å². The Labute approximate surface area is 187 Å². The zero-order valence-corrected chi connectivity index (χ0v) is 19.2. The first-order chi connectivity index (χ1) is 15.5. The maximum Gasteiger partial charge on any atom is 0.244 e. The van der Waals surface area contributed by atoms with Crippen molar-refractivity contribution in [3.63, 3.8) is 0 Å². The van der Waals surface area contributed by atoms with Crippen molar-refractivity contribution in [1.29, 1.82) is 0 Å². The summed E-state index contributed by atoms with van der Waals surface area (Å²) in [6.07, 6.45) is 3.79. The number of methoxy groups -OCH3 is 3. The van der Waals surface area contributed by atoms with E-state index in [0.717, 1.165) is 36.3 Å². The molecule has 9 heteroatoms. The van der Waals surface area contributed by atoms with Crippen LogP contribution in [0.1, 0.15) is 30.3 Å². The zero-order chi connectivity index (χ0) is 22.7. The highest BCUT2D eigenvalue weighted by atomic mass is 16.5. The Bertz CT molecular complexity index is 1030. The lowest BCUT2D eigenvalue weighted by molar-refractivity contribution is 0.200. The molecule has 4 rings (SSSR count). The van der Waals surface area contributed by atoms with Gasteiger partial charge in [0.15, 0.2) is 11.5 Å². The van der Waals surface area contributed by atoms with E-state index in [-0.39, 0.29) is 6.04 Å². The Morgan fingerprint density at radius 1 is 1.09 bits per heavy atom. The number of hydrogen-bond acceptors (Lipinski definition) is 9. The minimum Gasteiger partial charge on any atom is -0.493 e. The average Bonchev–Trinajstić information content (AvgIpc) is 3.48. The summed E-state index contributed by atoms with van der Waals surface area (Å²) < 4.78 is 22.1. The van der Waals surface area contributed by atoms with Crippen molar-refractivity contribution >= 4 is 5.82 Å². The number of anilines is 1. The van der Waals surface area contributed by atoms with Gasteiger partial charge in [0, 0.05) is 32.4 Å². The molecule has 0 amide bonds. The molecule has 1 atom stereocenters. The molecule has 3 heterocycles. The quantitative estimate of drug-likeness (QED) is 0.523. The van der Waals surface area contributed by atoms with Crippen LogP contribution in [0.2, 0.25) is 0 Å². The summed E-state index contributed by atoms with van der Waals surface area (Å²) in [4.78, 5) is 13.4. The molecular weight excluding hydrogens is 410 g/mol. The van der Waals surface area contributed by atoms with E-state index in [0.29, 0.717) is 35.5 Å². The van der Waals surface area contributed by atoms with Gasteiger partial charge in [-0.3, -0.25) is 4.90 Å². The van der Waals surface area contributed by atoms with E-state index in [4.69, 9.17) is 18.7 Å². The molecule has 0 N–H and O–H groups in total. The van der Waals surface area contributed by atoms with Crippen LogP contribution in [0.15, 0.2) is 35.0 Å². The van der Waals surface area contributed by atoms with Gasteiger partial charge in [-0.25, -0.2) is 4.98 Å². The maximum absolute atomic E-state index is 5.66. The Morgan fingerprint density at radius 3 is 2.44 bits per heavy atom. The van der Waals surface area contributed by atoms with E-state index in [1.807, 2.05) is 43.3 Å². The predicted octanol–water partition coefficient (Wildman–Crippen LogP) is 3.56. The number of pyridine rings is 1. The van der Waals surface area contributed by atoms with Gasteiger partial charge >= 0.3 is 0 Å². The summed E-state index contributed by atoms with van der Waals surface area (Å²) in [5.41, 5.74) is 1.90. The van der Waals surface area contributed by atoms with Crippen molar-refractivity contribution in [3.8, 4) is 28.6 Å². The summed E-state index contributed by atoms with van der Waals surface area (Å²) >= 11 is 0. The fourth-order valence-electron chi connectivity index (χ4n) is 4.03. The predicted molar refractivity (Wildman–Crippen MR) is 120 cm³/mol. The molecule has 1 aliphatic rings. The van der Waals surface area contributed by atoms with Gasteiger partial charge in [-0.15, -0.1) is 0 Å². The molecule has 0 radical (unpaired) electrons. The number of ether oxygens (including phenoxy) is 3. The lowest BCUT2D eigenvalue weighted by Gasteiger charge is -2.22. The fourth-order valence-corrected chi connectivity index (χ4v) is 4.03. The Kier molecular flexibility index (Phi) is 6.45. The third kappa shape index (κ3) is 4.34. The minimum absolute atomic E-state index is 0.0596. The standard InChI is InChI=1S/C23H29N5O4/c1-27(2)20-9-8-16(13-24-20)22-25-23(32-26-22)17-7-6-10-28(17)14-15-11-18(29-3)21(31-5)19(12-15)30-4/h8-9,11-13,17H,6-7,10,14H2,1-5H3/t17-/m0/s1. The first-order valence-corrected chi connectivity index (χ1v) is 10.5. The molecule has 170 valence electrons. The molecule has 9 nitrogen and oxygen atoms in total. The highest BCUT2D eigenvalue weighted by Crippen LogP contribution is 2.40. The molecule has 0 unspecified atom stereocenters. The molecule has 2 aromatic heterocycles. The summed E-state index contributed by atoms with van der Waals surface area (Å²) in [7, 11) is 8.76. The van der Waals surface area contributed by atoms with Gasteiger partial charge in [0.1, 0.15) is 5.82 Å². The van der Waals surface area contributed by atoms with Crippen molar-refractivity contribution in [2.45, 2.75) is 25.4 Å². The number of likely N-dealkylation sites (tertiary alicyclic amines) is 1. The van der Waals surface area contributed by atoms with Crippen LogP contribution < -0.4 is 19.1 Å². The molecule has 32 heavy (non-hydrogen) atoms. The third-order valence-corrected chi connectivity index (χ3v) is 5.66. The number of rotatable bonds is 8. The van der Waals surface area contributed by atoms with Crippen LogP contribution in [0, 0.1) is 0 Å². The second-order valence-electron chi connectivity index (χ2n) is 7.92. The average molecular weight is 440 g/mol. The second-order valence-corrected chi connectivity index (χ2v) is 7.92. The zero-order valence-electron chi connectivity index (χ0n) is 19.2. The molecule has 1 saturated heterocycles. The minimum atomic E-state index is 0.0596. The SMILES string of the molecule is COc1cc(CN2CCC[C@H]2c2nc(-c3ccc(N(C)C)nc3)no2)cc(OC)c1OC. The molecule has 1 aliphatic heterocycles. The van der Waals surface area contributed by atoms with Gasteiger partial charge in [-0.05, 0) is 49.2 Å². The lowest BCUT2D eigenvalue weighted by atomic mass is 10.1. The summed E-state index contributed by atoms with van der Waals surface area (Å²) in [6.45, 7) is 1.65. The fraction of sp³-hybridized carbons (Fsp3) is 0.435. The van der Waals surface area contributed by atoms with Crippen molar-refractivity contribution in [3.05, 3.63) is 41.9 Å². The topological polar surface area (TPSA) is 86.0 Å². The van der Waals surface area contributed by atoms with Crippen molar-refractivity contribution < 1.29 is 18.7 Å². The molecule has 0 spiro atoms. The summed E-state index contributed by atoms with van der Waals surface area (Å²) in [5.74, 6) is 3.94. The van der Waals surface area contributed by atoms with Crippen LogP contribution in [0.25, 0.3) is 11.4 Å². The van der Waals surface area contributed by atoms with Crippen LogP contribution in [-0.4, -0.2) is 62.0 Å². The van der Waals surface area contributed by atoms with Gasteiger partial charge in [0.2, 0.25) is 17.5 Å². The molecule has 0 saturated carbocycles. The maximum atomic E-state index is 5.66. The molecule has 0 bridgehead atoms. The monoisotopic (exact) mass is 439 g/mol. The van der Waals surface area contributed by atoms with Gasteiger partial charge in [0.25, 0.3) is 0 Å². The van der Waals surface area contributed by atoms with Gasteiger partial charge in [0.05, 0.1) is 27.4 Å². The Hall–Kier alpha value is -3.33. The third-order valence-electron chi connectivity index (χ3n) is 5.66. The molecule has 1 fully saturated rings. The van der Waals surface area contributed by atoms with Crippen molar-refractivity contribution in [2.75, 3.05) is 46.9 Å². The van der Waals surface area contributed by atoms with E-state index in [1.54, 1.807) is 27.5 Å². The van der Waals surface area contributed by atoms with E-state index in [2.05, 4.69) is 20.0 Å². The van der Waals surface area contributed by atoms with Crippen LogP contribution >= 0.6 is 0 Å². The molecule has 1 aromatic carbocycles. The Balaban J connectivity index is 1.53. The van der Waals surface area contributed by atoms with E-state index in [9.17, 15) is 0 Å². The highest BCUT2D eigenvalue weighted by Gasteiger charge is 2.31. The first-order valence-electron chi connectivity index (χ1n) is 10.5. The molecule has 3 aromatic rings. The van der Waals surface area contributed by atoms with E-state index >= 15 is 0 Å². The van der Waals surface area contributed by atoms with Crippen LogP contribution in [0.3, 0.4) is 0 Å². The number of nitrogens with zero attached hydrogens (tertiary/aromatic N) is 5. The highest BCUT2D eigenvalue weighted by molar-refractivity contribution is 5.56.